The van der Waals surface area contributed by atoms with Crippen molar-refractivity contribution in [1.29, 1.82) is 0 Å². The Balaban J connectivity index is 0.000000531. The summed E-state index contributed by atoms with van der Waals surface area (Å²) < 4.78 is 8.72. The van der Waals surface area contributed by atoms with Gasteiger partial charge in [-0.2, -0.15) is 0 Å². The first-order valence-corrected chi connectivity index (χ1v) is 5.31. The normalized spacial score (nSPS) is 12.7. The summed E-state index contributed by atoms with van der Waals surface area (Å²) >= 11 is 0.547. The van der Waals surface area contributed by atoms with Crippen molar-refractivity contribution in [1.82, 2.24) is 0 Å². The lowest BCUT2D eigenvalue weighted by Crippen LogP contribution is -2.12. The number of Topliss-reactive ketones (excluding diaryl/α,β-unsaturated/α-hetero) is 1. The summed E-state index contributed by atoms with van der Waals surface area (Å²) in [4.78, 5) is 22.6. The second-order valence-electron chi connectivity index (χ2n) is 2.58. The molecule has 1 aliphatic heterocycles. The highest BCUT2D eigenvalue weighted by Gasteiger charge is 2.27. The first-order chi connectivity index (χ1) is 7.22. The van der Waals surface area contributed by atoms with Crippen molar-refractivity contribution < 1.29 is 14.1 Å². The number of benzene rings is 1. The number of carbonyl (C=O) groups is 2. The van der Waals surface area contributed by atoms with Crippen LogP contribution in [0.3, 0.4) is 0 Å². The van der Waals surface area contributed by atoms with Crippen LogP contribution in [0, 0.1) is 0 Å². The molecule has 1 aromatic carbocycles. The van der Waals surface area contributed by atoms with Gasteiger partial charge in [0.2, 0.25) is 0 Å². The number of hydrogen-bond acceptors (Lipinski definition) is 4. The van der Waals surface area contributed by atoms with Gasteiger partial charge in [0.1, 0.15) is 0 Å². The summed E-state index contributed by atoms with van der Waals surface area (Å²) in [6, 6.07) is 4.71. The summed E-state index contributed by atoms with van der Waals surface area (Å²) in [7, 11) is 0. The molecule has 1 amide bonds. The molecule has 0 saturated carbocycles. The largest absolute Gasteiger partial charge is 0.325 e. The van der Waals surface area contributed by atoms with Crippen molar-refractivity contribution in [2.45, 2.75) is 18.7 Å². The van der Waals surface area contributed by atoms with Gasteiger partial charge in [-0.05, 0) is 18.2 Å². The average molecular weight is 225 g/mol. The summed E-state index contributed by atoms with van der Waals surface area (Å²) in [5.41, 5.74) is 0.830. The highest BCUT2D eigenvalue weighted by Crippen LogP contribution is 2.27. The minimum absolute atomic E-state index is 0.323. The Morgan fingerprint density at radius 2 is 1.93 bits per heavy atom. The topological polar surface area (TPSA) is 66.4 Å². The van der Waals surface area contributed by atoms with Crippen LogP contribution in [0.4, 0.5) is 5.69 Å². The van der Waals surface area contributed by atoms with Gasteiger partial charge in [-0.15, -0.1) is 0 Å². The zero-order valence-corrected chi connectivity index (χ0v) is 9.22. The highest BCUT2D eigenvalue weighted by molar-refractivity contribution is 7.93. The number of carbonyl (C=O) groups excluding carboxylic acids is 2. The Hall–Kier alpha value is -1.33. The third kappa shape index (κ3) is 2.19. The summed E-state index contributed by atoms with van der Waals surface area (Å²) in [5, 5.41) is 2.42. The number of hydrogen-bond donors (Lipinski definition) is 2. The summed E-state index contributed by atoms with van der Waals surface area (Å²) in [6.45, 7) is 4.00. The zero-order chi connectivity index (χ0) is 11.4. The quantitative estimate of drug-likeness (QED) is 0.569. The molecular weight excluding hydrogens is 214 g/mol. The van der Waals surface area contributed by atoms with Crippen LogP contribution < -0.4 is 5.32 Å². The molecule has 1 aliphatic rings. The minimum atomic E-state index is -0.616. The molecule has 2 rings (SSSR count). The molecule has 0 radical (unpaired) electrons. The smallest absolute Gasteiger partial charge is 0.296 e. The van der Waals surface area contributed by atoms with E-state index in [0.29, 0.717) is 28.2 Å². The molecule has 0 atom stereocenters. The first kappa shape index (κ1) is 11.7. The molecule has 0 unspecified atom stereocenters. The molecule has 0 fully saturated rings. The van der Waals surface area contributed by atoms with Gasteiger partial charge in [0.15, 0.2) is 0 Å². The van der Waals surface area contributed by atoms with Crippen molar-refractivity contribution in [3.63, 3.8) is 0 Å². The predicted molar refractivity (Wildman–Crippen MR) is 59.2 cm³/mol. The van der Waals surface area contributed by atoms with E-state index >= 15 is 0 Å². The van der Waals surface area contributed by atoms with Crippen LogP contribution in [0.1, 0.15) is 24.2 Å². The number of amides is 1. The molecule has 1 aromatic rings. The van der Waals surface area contributed by atoms with Crippen LogP contribution in [0.25, 0.3) is 0 Å². The van der Waals surface area contributed by atoms with Gasteiger partial charge in [0, 0.05) is 16.9 Å². The second kappa shape index (κ2) is 4.95. The van der Waals surface area contributed by atoms with Gasteiger partial charge < -0.3 is 9.87 Å². The van der Waals surface area contributed by atoms with Crippen molar-refractivity contribution in [3.8, 4) is 0 Å². The Kier molecular flexibility index (Phi) is 3.88. The van der Waals surface area contributed by atoms with E-state index in [4.69, 9.17) is 4.55 Å². The lowest BCUT2D eigenvalue weighted by Gasteiger charge is -1.97. The lowest BCUT2D eigenvalue weighted by molar-refractivity contribution is -0.112. The molecule has 0 aromatic heterocycles. The molecule has 2 N–H and O–H groups in total. The molecule has 0 spiro atoms. The fourth-order valence-corrected chi connectivity index (χ4v) is 1.48. The van der Waals surface area contributed by atoms with Gasteiger partial charge in [0.05, 0.1) is 11.3 Å². The number of rotatable bonds is 1. The van der Waals surface area contributed by atoms with Gasteiger partial charge in [-0.1, -0.05) is 13.8 Å². The van der Waals surface area contributed by atoms with E-state index < -0.39 is 11.7 Å². The SMILES string of the molecule is CC.O=C1Nc2ccc(SO)cc2C1=O. The van der Waals surface area contributed by atoms with E-state index in [9.17, 15) is 9.59 Å². The van der Waals surface area contributed by atoms with Crippen LogP contribution in [0.15, 0.2) is 23.1 Å². The number of fused-ring (bicyclic) bond motifs is 1. The molecule has 80 valence electrons. The third-order valence-electron chi connectivity index (χ3n) is 1.80. The molecule has 0 saturated heterocycles. The van der Waals surface area contributed by atoms with E-state index in [2.05, 4.69) is 5.32 Å². The van der Waals surface area contributed by atoms with Gasteiger partial charge in [0.25, 0.3) is 11.7 Å². The Morgan fingerprint density at radius 1 is 1.27 bits per heavy atom. The predicted octanol–water partition coefficient (Wildman–Crippen LogP) is 2.41. The molecular formula is C10H11NO3S. The van der Waals surface area contributed by atoms with Gasteiger partial charge in [-0.25, -0.2) is 0 Å². The molecule has 15 heavy (non-hydrogen) atoms. The Bertz CT molecular complexity index is 404. The van der Waals surface area contributed by atoms with E-state index in [-0.39, 0.29) is 0 Å². The fourth-order valence-electron chi connectivity index (χ4n) is 1.18. The average Bonchev–Trinajstić information content (AvgIpc) is 2.57. The zero-order valence-electron chi connectivity index (χ0n) is 8.40. The van der Waals surface area contributed by atoms with Crippen LogP contribution in [-0.2, 0) is 4.79 Å². The van der Waals surface area contributed by atoms with E-state index in [1.165, 1.54) is 6.07 Å². The number of anilines is 1. The maximum absolute atomic E-state index is 11.2. The van der Waals surface area contributed by atoms with E-state index in [1.807, 2.05) is 13.8 Å². The van der Waals surface area contributed by atoms with Gasteiger partial charge >= 0.3 is 0 Å². The molecule has 1 heterocycles. The lowest BCUT2D eigenvalue weighted by atomic mass is 10.1. The summed E-state index contributed by atoms with van der Waals surface area (Å²) in [5.74, 6) is -1.17. The van der Waals surface area contributed by atoms with Crippen molar-refractivity contribution in [3.05, 3.63) is 23.8 Å². The molecule has 0 bridgehead atoms. The highest BCUT2D eigenvalue weighted by atomic mass is 32.2. The summed E-state index contributed by atoms with van der Waals surface area (Å²) in [6.07, 6.45) is 0. The van der Waals surface area contributed by atoms with Crippen LogP contribution in [0.5, 0.6) is 0 Å². The van der Waals surface area contributed by atoms with Crippen LogP contribution in [-0.4, -0.2) is 16.2 Å². The third-order valence-corrected chi connectivity index (χ3v) is 2.26. The maximum atomic E-state index is 11.2. The standard InChI is InChI=1S/C8H5NO3S.C2H6/c10-7-5-3-4(13-12)1-2-6(5)9-8(7)11;1-2/h1-3,12H,(H,9,10,11);1-2H3. The molecule has 4 nitrogen and oxygen atoms in total. The fraction of sp³-hybridized carbons (Fsp3) is 0.200. The van der Waals surface area contributed by atoms with Crippen LogP contribution >= 0.6 is 12.0 Å². The van der Waals surface area contributed by atoms with Crippen molar-refractivity contribution in [2.75, 3.05) is 5.32 Å². The number of ketones is 1. The van der Waals surface area contributed by atoms with Gasteiger partial charge in [-0.3, -0.25) is 9.59 Å². The Labute approximate surface area is 91.9 Å². The minimum Gasteiger partial charge on any atom is -0.325 e. The monoisotopic (exact) mass is 225 g/mol. The van der Waals surface area contributed by atoms with Crippen molar-refractivity contribution in [2.24, 2.45) is 0 Å². The van der Waals surface area contributed by atoms with E-state index in [1.54, 1.807) is 12.1 Å². The first-order valence-electron chi connectivity index (χ1n) is 4.53. The second-order valence-corrected chi connectivity index (χ2v) is 3.24. The number of nitrogens with one attached hydrogen (secondary N) is 1. The molecule has 0 aliphatic carbocycles. The van der Waals surface area contributed by atoms with Crippen LogP contribution in [0.2, 0.25) is 0 Å². The Morgan fingerprint density at radius 3 is 2.53 bits per heavy atom. The van der Waals surface area contributed by atoms with Crippen molar-refractivity contribution >= 4 is 29.4 Å². The molecule has 5 heteroatoms. The maximum Gasteiger partial charge on any atom is 0.296 e. The van der Waals surface area contributed by atoms with E-state index in [0.717, 1.165) is 0 Å².